The standard InChI is InChI=1S/C11H19N/c1-2-4-10(5-3-1)11-6-8-12-9-7-11/h1-2,10-12H,3-9H2. The number of allylic oxidation sites excluding steroid dienone is 2. The van der Waals surface area contributed by atoms with E-state index in [1.807, 2.05) is 0 Å². The first kappa shape index (κ1) is 8.31. The van der Waals surface area contributed by atoms with E-state index in [0.29, 0.717) is 0 Å². The summed E-state index contributed by atoms with van der Waals surface area (Å²) in [4.78, 5) is 0. The lowest BCUT2D eigenvalue weighted by Crippen LogP contribution is -2.31. The van der Waals surface area contributed by atoms with E-state index >= 15 is 0 Å². The molecule has 1 atom stereocenters. The van der Waals surface area contributed by atoms with E-state index in [4.69, 9.17) is 0 Å². The van der Waals surface area contributed by atoms with Gasteiger partial charge in [-0.1, -0.05) is 12.2 Å². The molecule has 12 heavy (non-hydrogen) atoms. The maximum Gasteiger partial charge on any atom is -0.00462 e. The van der Waals surface area contributed by atoms with Gasteiger partial charge in [0, 0.05) is 0 Å². The average Bonchev–Trinajstić information content (AvgIpc) is 2.21. The summed E-state index contributed by atoms with van der Waals surface area (Å²) in [7, 11) is 0. The van der Waals surface area contributed by atoms with Crippen LogP contribution in [0.25, 0.3) is 0 Å². The molecule has 1 unspecified atom stereocenters. The summed E-state index contributed by atoms with van der Waals surface area (Å²) >= 11 is 0. The van der Waals surface area contributed by atoms with Gasteiger partial charge < -0.3 is 5.32 Å². The molecular weight excluding hydrogens is 146 g/mol. The quantitative estimate of drug-likeness (QED) is 0.588. The number of nitrogens with one attached hydrogen (secondary N) is 1. The van der Waals surface area contributed by atoms with Gasteiger partial charge in [0.25, 0.3) is 0 Å². The van der Waals surface area contributed by atoms with Gasteiger partial charge in [-0.3, -0.25) is 0 Å². The van der Waals surface area contributed by atoms with Crippen molar-refractivity contribution in [2.75, 3.05) is 13.1 Å². The largest absolute Gasteiger partial charge is 0.317 e. The third-order valence-corrected chi connectivity index (χ3v) is 3.36. The molecule has 0 bridgehead atoms. The second-order valence-electron chi connectivity index (χ2n) is 4.13. The van der Waals surface area contributed by atoms with Crippen LogP contribution in [0.4, 0.5) is 0 Å². The van der Waals surface area contributed by atoms with E-state index in [1.54, 1.807) is 0 Å². The monoisotopic (exact) mass is 165 g/mol. The Hall–Kier alpha value is -0.300. The van der Waals surface area contributed by atoms with E-state index in [-0.39, 0.29) is 0 Å². The van der Waals surface area contributed by atoms with Crippen molar-refractivity contribution in [3.8, 4) is 0 Å². The highest BCUT2D eigenvalue weighted by Gasteiger charge is 2.22. The van der Waals surface area contributed by atoms with Crippen LogP contribution >= 0.6 is 0 Å². The molecule has 0 saturated carbocycles. The molecule has 0 amide bonds. The van der Waals surface area contributed by atoms with Crippen LogP contribution in [0.15, 0.2) is 12.2 Å². The Morgan fingerprint density at radius 2 is 1.75 bits per heavy atom. The van der Waals surface area contributed by atoms with Gasteiger partial charge >= 0.3 is 0 Å². The van der Waals surface area contributed by atoms with Crippen molar-refractivity contribution in [1.82, 2.24) is 5.32 Å². The summed E-state index contributed by atoms with van der Waals surface area (Å²) in [5.41, 5.74) is 0. The van der Waals surface area contributed by atoms with Crippen LogP contribution in [0.2, 0.25) is 0 Å². The normalized spacial score (nSPS) is 32.2. The van der Waals surface area contributed by atoms with Crippen molar-refractivity contribution >= 4 is 0 Å². The zero-order valence-electron chi connectivity index (χ0n) is 7.76. The minimum atomic E-state index is 1.01. The number of rotatable bonds is 1. The molecule has 1 heteroatoms. The van der Waals surface area contributed by atoms with Crippen LogP contribution in [0, 0.1) is 11.8 Å². The van der Waals surface area contributed by atoms with E-state index in [1.165, 1.54) is 45.2 Å². The molecule has 68 valence electrons. The fourth-order valence-electron chi connectivity index (χ4n) is 2.56. The first-order valence-electron chi connectivity index (χ1n) is 5.32. The highest BCUT2D eigenvalue weighted by Crippen LogP contribution is 2.31. The molecule has 0 spiro atoms. The van der Waals surface area contributed by atoms with Gasteiger partial charge in [0.05, 0.1) is 0 Å². The molecule has 0 aromatic carbocycles. The minimum absolute atomic E-state index is 1.01. The maximum absolute atomic E-state index is 3.44. The summed E-state index contributed by atoms with van der Waals surface area (Å²) in [5, 5.41) is 3.44. The third-order valence-electron chi connectivity index (χ3n) is 3.36. The molecule has 0 aromatic rings. The summed E-state index contributed by atoms with van der Waals surface area (Å²) in [6, 6.07) is 0. The lowest BCUT2D eigenvalue weighted by molar-refractivity contribution is 0.244. The van der Waals surface area contributed by atoms with E-state index in [0.717, 1.165) is 11.8 Å². The van der Waals surface area contributed by atoms with Gasteiger partial charge in [0.15, 0.2) is 0 Å². The average molecular weight is 165 g/mol. The highest BCUT2D eigenvalue weighted by molar-refractivity contribution is 4.92. The number of piperidine rings is 1. The lowest BCUT2D eigenvalue weighted by Gasteiger charge is -2.31. The van der Waals surface area contributed by atoms with E-state index < -0.39 is 0 Å². The van der Waals surface area contributed by atoms with Gasteiger partial charge in [-0.2, -0.15) is 0 Å². The third kappa shape index (κ3) is 1.89. The molecule has 2 rings (SSSR count). The van der Waals surface area contributed by atoms with Crippen LogP contribution in [0.1, 0.15) is 32.1 Å². The predicted molar refractivity (Wildman–Crippen MR) is 52.1 cm³/mol. The zero-order chi connectivity index (χ0) is 8.23. The summed E-state index contributed by atoms with van der Waals surface area (Å²) in [6.45, 7) is 2.51. The van der Waals surface area contributed by atoms with Crippen molar-refractivity contribution < 1.29 is 0 Å². The molecule has 1 heterocycles. The Bertz CT molecular complexity index is 156. The molecule has 0 radical (unpaired) electrons. The Morgan fingerprint density at radius 1 is 0.917 bits per heavy atom. The van der Waals surface area contributed by atoms with E-state index in [2.05, 4.69) is 17.5 Å². The first-order chi connectivity index (χ1) is 5.97. The highest BCUT2D eigenvalue weighted by atomic mass is 14.9. The van der Waals surface area contributed by atoms with Crippen LogP contribution in [-0.4, -0.2) is 13.1 Å². The van der Waals surface area contributed by atoms with Crippen LogP contribution in [0.3, 0.4) is 0 Å². The van der Waals surface area contributed by atoms with Crippen molar-refractivity contribution in [3.05, 3.63) is 12.2 Å². The molecule has 0 aromatic heterocycles. The van der Waals surface area contributed by atoms with E-state index in [9.17, 15) is 0 Å². The Balaban J connectivity index is 1.85. The Kier molecular flexibility index (Phi) is 2.83. The molecule has 1 aliphatic carbocycles. The zero-order valence-corrected chi connectivity index (χ0v) is 7.76. The molecule has 1 aliphatic heterocycles. The van der Waals surface area contributed by atoms with Crippen molar-refractivity contribution in [3.63, 3.8) is 0 Å². The van der Waals surface area contributed by atoms with Crippen molar-refractivity contribution in [2.45, 2.75) is 32.1 Å². The van der Waals surface area contributed by atoms with Gasteiger partial charge in [-0.05, 0) is 57.0 Å². The van der Waals surface area contributed by atoms with Crippen LogP contribution in [-0.2, 0) is 0 Å². The second kappa shape index (κ2) is 4.08. The van der Waals surface area contributed by atoms with Crippen molar-refractivity contribution in [1.29, 1.82) is 0 Å². The topological polar surface area (TPSA) is 12.0 Å². The lowest BCUT2D eigenvalue weighted by atomic mass is 9.78. The van der Waals surface area contributed by atoms with Crippen molar-refractivity contribution in [2.24, 2.45) is 11.8 Å². The smallest absolute Gasteiger partial charge is 0.00462 e. The van der Waals surface area contributed by atoms with Gasteiger partial charge in [0.1, 0.15) is 0 Å². The van der Waals surface area contributed by atoms with Gasteiger partial charge in [-0.25, -0.2) is 0 Å². The molecule has 2 aliphatic rings. The minimum Gasteiger partial charge on any atom is -0.317 e. The summed E-state index contributed by atoms with van der Waals surface area (Å²) in [5.74, 6) is 2.04. The molecule has 1 saturated heterocycles. The molecule has 1 N–H and O–H groups in total. The maximum atomic E-state index is 3.44. The van der Waals surface area contributed by atoms with Crippen LogP contribution in [0.5, 0.6) is 0 Å². The molecular formula is C11H19N. The fourth-order valence-corrected chi connectivity index (χ4v) is 2.56. The van der Waals surface area contributed by atoms with Gasteiger partial charge in [0.2, 0.25) is 0 Å². The first-order valence-corrected chi connectivity index (χ1v) is 5.32. The second-order valence-corrected chi connectivity index (χ2v) is 4.13. The molecule has 1 fully saturated rings. The van der Waals surface area contributed by atoms with Crippen LogP contribution < -0.4 is 5.32 Å². The number of hydrogen-bond donors (Lipinski definition) is 1. The number of hydrogen-bond acceptors (Lipinski definition) is 1. The van der Waals surface area contributed by atoms with Gasteiger partial charge in [-0.15, -0.1) is 0 Å². The molecule has 1 nitrogen and oxygen atoms in total. The predicted octanol–water partition coefficient (Wildman–Crippen LogP) is 2.34. The Morgan fingerprint density at radius 3 is 2.42 bits per heavy atom. The fraction of sp³-hybridized carbons (Fsp3) is 0.818. The summed E-state index contributed by atoms with van der Waals surface area (Å²) in [6.07, 6.45) is 11.7. The summed E-state index contributed by atoms with van der Waals surface area (Å²) < 4.78 is 0. The Labute approximate surface area is 75.2 Å². The SMILES string of the molecule is C1=CCC(C2CCNCC2)CC1.